The fourth-order valence-corrected chi connectivity index (χ4v) is 1.73. The number of hydrogen-bond acceptors (Lipinski definition) is 6. The maximum Gasteiger partial charge on any atom is 0.134 e. The van der Waals surface area contributed by atoms with Crippen LogP contribution in [-0.4, -0.2) is 61.5 Å². The van der Waals surface area contributed by atoms with Crippen molar-refractivity contribution in [1.29, 1.82) is 0 Å². The fourth-order valence-electron chi connectivity index (χ4n) is 1.73. The molecular formula is C15H33N3O3. The summed E-state index contributed by atoms with van der Waals surface area (Å²) in [6.45, 7) is 9.48. The quantitative estimate of drug-likeness (QED) is 0.206. The standard InChI is InChI=1S/C15H33N3O3/c1-12(13(20)17-9-7-11-19)8-10-18(6)21-14(16-5)15(2,3)4/h8,13-14,16-17,19-20H,7,9-11H2,1-6H3/b12-8+. The van der Waals surface area contributed by atoms with Gasteiger partial charge in [0.15, 0.2) is 0 Å². The fraction of sp³-hybridized carbons (Fsp3) is 0.867. The Morgan fingerprint density at radius 1 is 1.38 bits per heavy atom. The highest BCUT2D eigenvalue weighted by molar-refractivity contribution is 5.04. The van der Waals surface area contributed by atoms with Gasteiger partial charge in [-0.3, -0.25) is 15.5 Å². The van der Waals surface area contributed by atoms with E-state index in [1.54, 1.807) is 5.06 Å². The van der Waals surface area contributed by atoms with Crippen molar-refractivity contribution in [3.05, 3.63) is 11.6 Å². The van der Waals surface area contributed by atoms with Crippen molar-refractivity contribution in [2.75, 3.05) is 33.8 Å². The van der Waals surface area contributed by atoms with E-state index in [1.165, 1.54) is 0 Å². The van der Waals surface area contributed by atoms with Gasteiger partial charge in [0, 0.05) is 25.6 Å². The van der Waals surface area contributed by atoms with Gasteiger partial charge >= 0.3 is 0 Å². The monoisotopic (exact) mass is 303 g/mol. The maximum absolute atomic E-state index is 9.88. The molecule has 0 aliphatic carbocycles. The average molecular weight is 303 g/mol. The minimum absolute atomic E-state index is 0.00681. The Labute approximate surface area is 129 Å². The number of nitrogens with one attached hydrogen (secondary N) is 2. The van der Waals surface area contributed by atoms with Crippen LogP contribution in [0.3, 0.4) is 0 Å². The Morgan fingerprint density at radius 3 is 2.48 bits per heavy atom. The Hall–Kier alpha value is -0.500. The van der Waals surface area contributed by atoms with E-state index in [2.05, 4.69) is 31.4 Å². The van der Waals surface area contributed by atoms with Crippen LogP contribution in [0.25, 0.3) is 0 Å². The molecule has 0 aromatic rings. The number of likely N-dealkylation sites (N-methyl/N-ethyl adjacent to an activating group) is 1. The molecule has 0 fully saturated rings. The van der Waals surface area contributed by atoms with Crippen LogP contribution < -0.4 is 10.6 Å². The predicted molar refractivity (Wildman–Crippen MR) is 85.5 cm³/mol. The van der Waals surface area contributed by atoms with Gasteiger partial charge in [-0.2, -0.15) is 5.06 Å². The molecule has 0 aromatic carbocycles. The Balaban J connectivity index is 4.25. The normalized spacial score (nSPS) is 16.3. The van der Waals surface area contributed by atoms with Crippen LogP contribution in [0.5, 0.6) is 0 Å². The van der Waals surface area contributed by atoms with Gasteiger partial charge in [-0.05, 0) is 32.5 Å². The molecule has 21 heavy (non-hydrogen) atoms. The van der Waals surface area contributed by atoms with Crippen molar-refractivity contribution in [3.63, 3.8) is 0 Å². The summed E-state index contributed by atoms with van der Waals surface area (Å²) in [5.41, 5.74) is 0.827. The predicted octanol–water partition coefficient (Wildman–Crippen LogP) is 0.678. The van der Waals surface area contributed by atoms with Gasteiger partial charge in [0.2, 0.25) is 0 Å². The van der Waals surface area contributed by atoms with Gasteiger partial charge in [0.05, 0.1) is 0 Å². The van der Waals surface area contributed by atoms with Gasteiger partial charge in [-0.1, -0.05) is 26.8 Å². The number of aliphatic hydroxyl groups excluding tert-OH is 2. The average Bonchev–Trinajstić information content (AvgIpc) is 2.40. The Bertz CT molecular complexity index is 303. The van der Waals surface area contributed by atoms with E-state index in [0.29, 0.717) is 19.5 Å². The third-order valence-electron chi connectivity index (χ3n) is 3.11. The molecule has 0 aromatic heterocycles. The molecular weight excluding hydrogens is 270 g/mol. The summed E-state index contributed by atoms with van der Waals surface area (Å²) in [6.07, 6.45) is 1.78. The van der Waals surface area contributed by atoms with Crippen LogP contribution in [0.4, 0.5) is 0 Å². The van der Waals surface area contributed by atoms with Crippen molar-refractivity contribution in [2.45, 2.75) is 46.6 Å². The molecule has 0 heterocycles. The molecule has 2 unspecified atom stereocenters. The molecule has 6 heteroatoms. The molecule has 0 spiro atoms. The first-order valence-electron chi connectivity index (χ1n) is 7.46. The SMILES string of the molecule is CNC(ON(C)C/C=C(\C)C(O)NCCCO)C(C)(C)C. The lowest BCUT2D eigenvalue weighted by Gasteiger charge is -2.33. The van der Waals surface area contributed by atoms with Crippen LogP contribution in [0.15, 0.2) is 11.6 Å². The summed E-state index contributed by atoms with van der Waals surface area (Å²) in [5, 5.41) is 26.4. The molecule has 4 N–H and O–H groups in total. The number of aliphatic hydroxyl groups is 2. The van der Waals surface area contributed by atoms with E-state index in [4.69, 9.17) is 9.94 Å². The topological polar surface area (TPSA) is 77.0 Å². The van der Waals surface area contributed by atoms with Gasteiger partial charge in [-0.25, -0.2) is 0 Å². The number of nitrogens with zero attached hydrogens (tertiary/aromatic N) is 1. The zero-order chi connectivity index (χ0) is 16.5. The van der Waals surface area contributed by atoms with Crippen LogP contribution >= 0.6 is 0 Å². The first-order chi connectivity index (χ1) is 9.72. The second kappa shape index (κ2) is 10.3. The minimum atomic E-state index is -0.687. The highest BCUT2D eigenvalue weighted by Crippen LogP contribution is 2.20. The van der Waals surface area contributed by atoms with Crippen LogP contribution in [0.2, 0.25) is 0 Å². The summed E-state index contributed by atoms with van der Waals surface area (Å²) < 4.78 is 0. The molecule has 0 aliphatic rings. The van der Waals surface area contributed by atoms with Crippen molar-refractivity contribution >= 4 is 0 Å². The summed E-state index contributed by atoms with van der Waals surface area (Å²) in [6, 6.07) is 0. The third-order valence-corrected chi connectivity index (χ3v) is 3.11. The zero-order valence-corrected chi connectivity index (χ0v) is 14.3. The largest absolute Gasteiger partial charge is 0.396 e. The lowest BCUT2D eigenvalue weighted by atomic mass is 9.94. The van der Waals surface area contributed by atoms with Crippen LogP contribution in [0.1, 0.15) is 34.1 Å². The van der Waals surface area contributed by atoms with E-state index in [9.17, 15) is 5.11 Å². The van der Waals surface area contributed by atoms with Crippen molar-refractivity contribution < 1.29 is 15.1 Å². The summed E-state index contributed by atoms with van der Waals surface area (Å²) in [7, 11) is 3.74. The Morgan fingerprint density at radius 2 is 2.00 bits per heavy atom. The van der Waals surface area contributed by atoms with E-state index in [0.717, 1.165) is 5.57 Å². The van der Waals surface area contributed by atoms with Crippen molar-refractivity contribution in [2.24, 2.45) is 5.41 Å². The van der Waals surface area contributed by atoms with E-state index < -0.39 is 6.23 Å². The molecule has 0 saturated carbocycles. The van der Waals surface area contributed by atoms with Crippen LogP contribution in [-0.2, 0) is 4.84 Å². The van der Waals surface area contributed by atoms with Crippen molar-refractivity contribution in [3.8, 4) is 0 Å². The van der Waals surface area contributed by atoms with Crippen LogP contribution in [0, 0.1) is 5.41 Å². The zero-order valence-electron chi connectivity index (χ0n) is 14.3. The molecule has 0 rings (SSSR count). The number of hydrogen-bond donors (Lipinski definition) is 4. The smallest absolute Gasteiger partial charge is 0.134 e. The molecule has 6 nitrogen and oxygen atoms in total. The summed E-state index contributed by atoms with van der Waals surface area (Å²) in [5.74, 6) is 0. The Kier molecular flexibility index (Phi) is 10.0. The number of hydroxylamine groups is 2. The van der Waals surface area contributed by atoms with Crippen molar-refractivity contribution in [1.82, 2.24) is 15.7 Å². The summed E-state index contributed by atoms with van der Waals surface area (Å²) in [4.78, 5) is 5.84. The second-order valence-corrected chi connectivity index (χ2v) is 6.33. The maximum atomic E-state index is 9.88. The molecule has 0 aliphatic heterocycles. The molecule has 126 valence electrons. The highest BCUT2D eigenvalue weighted by Gasteiger charge is 2.25. The lowest BCUT2D eigenvalue weighted by molar-refractivity contribution is -0.212. The van der Waals surface area contributed by atoms with E-state index >= 15 is 0 Å². The molecule has 0 amide bonds. The molecule has 2 atom stereocenters. The number of rotatable bonds is 10. The van der Waals surface area contributed by atoms with Gasteiger partial charge in [0.1, 0.15) is 12.5 Å². The summed E-state index contributed by atoms with van der Waals surface area (Å²) >= 11 is 0. The minimum Gasteiger partial charge on any atom is -0.396 e. The van der Waals surface area contributed by atoms with Gasteiger partial charge in [0.25, 0.3) is 0 Å². The van der Waals surface area contributed by atoms with E-state index in [-0.39, 0.29) is 18.2 Å². The first-order valence-corrected chi connectivity index (χ1v) is 7.46. The third kappa shape index (κ3) is 9.18. The molecule has 0 radical (unpaired) electrons. The van der Waals surface area contributed by atoms with E-state index in [1.807, 2.05) is 27.1 Å². The lowest BCUT2D eigenvalue weighted by Crippen LogP contribution is -2.44. The molecule has 0 saturated heterocycles. The molecule has 0 bridgehead atoms. The van der Waals surface area contributed by atoms with Gasteiger partial charge < -0.3 is 10.2 Å². The first kappa shape index (κ1) is 20.5. The van der Waals surface area contributed by atoms with Gasteiger partial charge in [-0.15, -0.1) is 0 Å². The highest BCUT2D eigenvalue weighted by atomic mass is 16.7. The second-order valence-electron chi connectivity index (χ2n) is 6.33.